The highest BCUT2D eigenvalue weighted by molar-refractivity contribution is 5.89. The first kappa shape index (κ1) is 20.7. The van der Waals surface area contributed by atoms with Crippen molar-refractivity contribution in [2.24, 2.45) is 17.8 Å². The summed E-state index contributed by atoms with van der Waals surface area (Å²) in [5, 5.41) is 49.7. The first-order chi connectivity index (χ1) is 12.8. The lowest BCUT2D eigenvalue weighted by Gasteiger charge is -2.43. The average Bonchev–Trinajstić information content (AvgIpc) is 2.96. The smallest absolute Gasteiger partial charge is 0.333 e. The summed E-state index contributed by atoms with van der Waals surface area (Å²) in [6.45, 7) is 1.34. The topological polar surface area (TPSA) is 146 Å². The molecule has 2 fully saturated rings. The summed E-state index contributed by atoms with van der Waals surface area (Å²) in [6, 6.07) is 0. The van der Waals surface area contributed by atoms with Gasteiger partial charge in [0.15, 0.2) is 6.29 Å². The summed E-state index contributed by atoms with van der Waals surface area (Å²) in [6.07, 6.45) is -5.39. The SMILES string of the molecule is COC(=O)C1=CC[C@@H](O[C@@H]2O[C@H](CO)[C@@H](O)[C@H](O)[C@H]2O)[C@@H]2[C@H](C)[C@@H](O)C[C@H]12. The fraction of sp³-hybridized carbons (Fsp3) is 0.833. The van der Waals surface area contributed by atoms with Crippen molar-refractivity contribution >= 4 is 5.97 Å². The Morgan fingerprint density at radius 2 is 1.93 bits per heavy atom. The molecule has 0 radical (unpaired) electrons. The summed E-state index contributed by atoms with van der Waals surface area (Å²) in [7, 11) is 1.31. The summed E-state index contributed by atoms with van der Waals surface area (Å²) in [5.74, 6) is -1.03. The number of carbonyl (C=O) groups is 1. The lowest BCUT2D eigenvalue weighted by molar-refractivity contribution is -0.316. The van der Waals surface area contributed by atoms with E-state index < -0.39 is 55.5 Å². The number of carbonyl (C=O) groups excluding carboxylic acids is 1. The highest BCUT2D eigenvalue weighted by atomic mass is 16.7. The van der Waals surface area contributed by atoms with Crippen LogP contribution in [0.3, 0.4) is 0 Å². The van der Waals surface area contributed by atoms with Crippen molar-refractivity contribution in [3.63, 3.8) is 0 Å². The number of esters is 1. The highest BCUT2D eigenvalue weighted by Gasteiger charge is 2.51. The Bertz CT molecular complexity index is 577. The number of ether oxygens (including phenoxy) is 3. The molecular weight excluding hydrogens is 360 g/mol. The van der Waals surface area contributed by atoms with E-state index in [2.05, 4.69) is 0 Å². The molecule has 3 aliphatic rings. The monoisotopic (exact) mass is 388 g/mol. The van der Waals surface area contributed by atoms with Gasteiger partial charge in [-0.1, -0.05) is 13.0 Å². The molecule has 0 unspecified atom stereocenters. The molecule has 1 heterocycles. The highest BCUT2D eigenvalue weighted by Crippen LogP contribution is 2.48. The Morgan fingerprint density at radius 1 is 1.22 bits per heavy atom. The zero-order valence-electron chi connectivity index (χ0n) is 15.3. The first-order valence-corrected chi connectivity index (χ1v) is 9.22. The van der Waals surface area contributed by atoms with Crippen molar-refractivity contribution in [2.45, 2.75) is 62.7 Å². The van der Waals surface area contributed by atoms with Gasteiger partial charge >= 0.3 is 5.97 Å². The van der Waals surface area contributed by atoms with Gasteiger partial charge in [-0.25, -0.2) is 4.79 Å². The van der Waals surface area contributed by atoms with Crippen LogP contribution in [0.2, 0.25) is 0 Å². The van der Waals surface area contributed by atoms with E-state index in [-0.39, 0.29) is 17.8 Å². The summed E-state index contributed by atoms with van der Waals surface area (Å²) >= 11 is 0. The third-order valence-corrected chi connectivity index (χ3v) is 6.15. The number of aliphatic hydroxyl groups is 5. The van der Waals surface area contributed by atoms with Crippen LogP contribution >= 0.6 is 0 Å². The van der Waals surface area contributed by atoms with Crippen LogP contribution in [0.4, 0.5) is 0 Å². The number of fused-ring (bicyclic) bond motifs is 1. The van der Waals surface area contributed by atoms with Gasteiger partial charge in [-0.15, -0.1) is 0 Å². The van der Waals surface area contributed by atoms with E-state index in [0.717, 1.165) is 0 Å². The molecule has 2 aliphatic carbocycles. The molecule has 0 aromatic heterocycles. The lowest BCUT2D eigenvalue weighted by Crippen LogP contribution is -2.60. The zero-order valence-corrected chi connectivity index (χ0v) is 15.3. The van der Waals surface area contributed by atoms with Gasteiger partial charge in [-0.05, 0) is 30.6 Å². The van der Waals surface area contributed by atoms with Gasteiger partial charge in [0.2, 0.25) is 0 Å². The third-order valence-electron chi connectivity index (χ3n) is 6.15. The van der Waals surface area contributed by atoms with Crippen molar-refractivity contribution in [1.29, 1.82) is 0 Å². The Labute approximate surface area is 157 Å². The molecule has 0 spiro atoms. The summed E-state index contributed by atoms with van der Waals surface area (Å²) < 4.78 is 16.2. The van der Waals surface area contributed by atoms with Crippen LogP contribution in [0.25, 0.3) is 0 Å². The minimum Gasteiger partial charge on any atom is -0.466 e. The average molecular weight is 388 g/mol. The first-order valence-electron chi connectivity index (χ1n) is 9.22. The van der Waals surface area contributed by atoms with Crippen LogP contribution in [0.1, 0.15) is 19.8 Å². The van der Waals surface area contributed by atoms with Gasteiger partial charge in [0.05, 0.1) is 25.9 Å². The second-order valence-corrected chi connectivity index (χ2v) is 7.60. The molecule has 154 valence electrons. The van der Waals surface area contributed by atoms with E-state index in [1.165, 1.54) is 7.11 Å². The second-order valence-electron chi connectivity index (χ2n) is 7.60. The third kappa shape index (κ3) is 3.65. The maximum atomic E-state index is 12.1. The van der Waals surface area contributed by atoms with E-state index in [4.69, 9.17) is 14.2 Å². The van der Waals surface area contributed by atoms with Gasteiger partial charge in [-0.2, -0.15) is 0 Å². The number of hydrogen-bond donors (Lipinski definition) is 5. The molecule has 0 aromatic rings. The van der Waals surface area contributed by atoms with Crippen molar-refractivity contribution in [1.82, 2.24) is 0 Å². The maximum Gasteiger partial charge on any atom is 0.333 e. The van der Waals surface area contributed by atoms with E-state index in [0.29, 0.717) is 18.4 Å². The fourth-order valence-corrected chi connectivity index (χ4v) is 4.59. The molecule has 1 aliphatic heterocycles. The molecule has 5 N–H and O–H groups in total. The van der Waals surface area contributed by atoms with Crippen LogP contribution in [0, 0.1) is 17.8 Å². The normalized spacial score (nSPS) is 47.3. The van der Waals surface area contributed by atoms with Gasteiger partial charge in [-0.3, -0.25) is 0 Å². The Hall–Kier alpha value is -1.07. The molecule has 27 heavy (non-hydrogen) atoms. The van der Waals surface area contributed by atoms with Crippen LogP contribution in [0.5, 0.6) is 0 Å². The molecule has 9 nitrogen and oxygen atoms in total. The molecule has 10 atom stereocenters. The van der Waals surface area contributed by atoms with Crippen molar-refractivity contribution in [3.8, 4) is 0 Å². The van der Waals surface area contributed by atoms with Crippen LogP contribution in [-0.4, -0.2) is 88.1 Å². The number of hydrogen-bond acceptors (Lipinski definition) is 9. The van der Waals surface area contributed by atoms with Crippen molar-refractivity contribution in [3.05, 3.63) is 11.6 Å². The van der Waals surface area contributed by atoms with E-state index in [9.17, 15) is 30.3 Å². The Morgan fingerprint density at radius 3 is 2.56 bits per heavy atom. The number of methoxy groups -OCH3 is 1. The quantitative estimate of drug-likeness (QED) is 0.356. The second kappa shape index (κ2) is 8.12. The van der Waals surface area contributed by atoms with Gasteiger partial charge in [0.25, 0.3) is 0 Å². The fourth-order valence-electron chi connectivity index (χ4n) is 4.59. The molecule has 1 saturated heterocycles. The Balaban J connectivity index is 1.80. The van der Waals surface area contributed by atoms with Gasteiger partial charge < -0.3 is 39.7 Å². The summed E-state index contributed by atoms with van der Waals surface area (Å²) in [5.41, 5.74) is 0.513. The predicted octanol–water partition coefficient (Wildman–Crippen LogP) is -1.69. The van der Waals surface area contributed by atoms with E-state index >= 15 is 0 Å². The molecule has 3 rings (SSSR count). The largest absolute Gasteiger partial charge is 0.466 e. The number of aliphatic hydroxyl groups excluding tert-OH is 5. The molecular formula is C18H28O9. The van der Waals surface area contributed by atoms with Crippen molar-refractivity contribution < 1.29 is 44.5 Å². The predicted molar refractivity (Wildman–Crippen MR) is 90.1 cm³/mol. The minimum absolute atomic E-state index is 0.154. The standard InChI is InChI=1S/C18H28O9/c1-7-10(20)5-9-8(17(24)25-2)3-4-11(13(7)9)26-18-16(23)15(22)14(21)12(6-19)27-18/h3,7,9-16,18-23H,4-6H2,1-2H3/t7-,9-,10+,11-,12-,13-,14-,15+,16-,18-/m1/s1. The molecule has 1 saturated carbocycles. The minimum atomic E-state index is -1.52. The van der Waals surface area contributed by atoms with E-state index in [1.54, 1.807) is 6.08 Å². The molecule has 0 bridgehead atoms. The summed E-state index contributed by atoms with van der Waals surface area (Å²) in [4.78, 5) is 12.1. The molecule has 0 amide bonds. The van der Waals surface area contributed by atoms with E-state index in [1.807, 2.05) is 6.92 Å². The zero-order chi connectivity index (χ0) is 19.9. The number of rotatable bonds is 4. The van der Waals surface area contributed by atoms with Crippen LogP contribution in [-0.2, 0) is 19.0 Å². The van der Waals surface area contributed by atoms with Crippen molar-refractivity contribution in [2.75, 3.05) is 13.7 Å². The van der Waals surface area contributed by atoms with Gasteiger partial charge in [0, 0.05) is 5.57 Å². The Kier molecular flexibility index (Phi) is 6.21. The molecule has 9 heteroatoms. The lowest BCUT2D eigenvalue weighted by atomic mass is 9.75. The molecule has 0 aromatic carbocycles. The van der Waals surface area contributed by atoms with Gasteiger partial charge in [0.1, 0.15) is 24.4 Å². The van der Waals surface area contributed by atoms with Crippen LogP contribution < -0.4 is 0 Å². The maximum absolute atomic E-state index is 12.1. The van der Waals surface area contributed by atoms with Crippen LogP contribution in [0.15, 0.2) is 11.6 Å².